The van der Waals surface area contributed by atoms with E-state index in [2.05, 4.69) is 22.6 Å². The third-order valence-electron chi connectivity index (χ3n) is 2.54. The van der Waals surface area contributed by atoms with E-state index in [-0.39, 0.29) is 0 Å². The molecule has 90 valence electrons. The van der Waals surface area contributed by atoms with Gasteiger partial charge in [-0.05, 0) is 57.3 Å². The van der Waals surface area contributed by atoms with Crippen molar-refractivity contribution in [1.29, 1.82) is 0 Å². The van der Waals surface area contributed by atoms with Gasteiger partial charge in [-0.25, -0.2) is 0 Å². The molecule has 1 aromatic carbocycles. The number of methoxy groups -OCH3 is 1. The van der Waals surface area contributed by atoms with Crippen LogP contribution in [0.15, 0.2) is 35.7 Å². The van der Waals surface area contributed by atoms with Gasteiger partial charge in [0, 0.05) is 6.42 Å². The number of hydrogen-bond donors (Lipinski definition) is 1. The molecule has 1 aromatic heterocycles. The molecule has 1 atom stereocenters. The standard InChI is InChI=1S/C13H13IO2S/c1-16-11-4-2-3-9(5-11)6-12(15)10-7-13(14)17-8-10/h2-5,7-8,12,15H,6H2,1H3. The third-order valence-corrected chi connectivity index (χ3v) is 4.34. The second-order valence-electron chi connectivity index (χ2n) is 3.76. The van der Waals surface area contributed by atoms with Crippen molar-refractivity contribution in [3.63, 3.8) is 0 Å². The minimum atomic E-state index is -0.443. The van der Waals surface area contributed by atoms with Crippen molar-refractivity contribution in [2.75, 3.05) is 7.11 Å². The molecule has 0 aliphatic heterocycles. The maximum absolute atomic E-state index is 10.1. The number of aliphatic hydroxyl groups excluding tert-OH is 1. The van der Waals surface area contributed by atoms with Gasteiger partial charge in [0.15, 0.2) is 0 Å². The van der Waals surface area contributed by atoms with Crippen molar-refractivity contribution < 1.29 is 9.84 Å². The molecule has 4 heteroatoms. The van der Waals surface area contributed by atoms with Crippen LogP contribution >= 0.6 is 33.9 Å². The first kappa shape index (κ1) is 12.9. The fourth-order valence-electron chi connectivity index (χ4n) is 1.64. The molecule has 0 saturated heterocycles. The van der Waals surface area contributed by atoms with Crippen LogP contribution in [0.3, 0.4) is 0 Å². The smallest absolute Gasteiger partial charge is 0.119 e. The van der Waals surface area contributed by atoms with Crippen LogP contribution in [0, 0.1) is 2.88 Å². The van der Waals surface area contributed by atoms with Crippen molar-refractivity contribution in [3.05, 3.63) is 49.7 Å². The molecule has 1 unspecified atom stereocenters. The van der Waals surface area contributed by atoms with Crippen LogP contribution in [0.5, 0.6) is 5.75 Å². The van der Waals surface area contributed by atoms with Crippen molar-refractivity contribution >= 4 is 33.9 Å². The summed E-state index contributed by atoms with van der Waals surface area (Å²) in [6.45, 7) is 0. The molecule has 1 heterocycles. The summed E-state index contributed by atoms with van der Waals surface area (Å²) in [5.41, 5.74) is 2.07. The second kappa shape index (κ2) is 5.84. The summed E-state index contributed by atoms with van der Waals surface area (Å²) in [7, 11) is 1.65. The first-order valence-corrected chi connectivity index (χ1v) is 7.20. The molecule has 2 aromatic rings. The fourth-order valence-corrected chi connectivity index (χ4v) is 3.06. The summed E-state index contributed by atoms with van der Waals surface area (Å²) in [5, 5.41) is 12.1. The Morgan fingerprint density at radius 2 is 2.24 bits per heavy atom. The predicted molar refractivity (Wildman–Crippen MR) is 78.7 cm³/mol. The highest BCUT2D eigenvalue weighted by Gasteiger charge is 2.10. The van der Waals surface area contributed by atoms with E-state index in [0.29, 0.717) is 6.42 Å². The lowest BCUT2D eigenvalue weighted by molar-refractivity contribution is 0.179. The minimum absolute atomic E-state index is 0.443. The van der Waals surface area contributed by atoms with Gasteiger partial charge >= 0.3 is 0 Å². The summed E-state index contributed by atoms with van der Waals surface area (Å²) in [5.74, 6) is 0.828. The Morgan fingerprint density at radius 3 is 2.88 bits per heavy atom. The number of thiophene rings is 1. The van der Waals surface area contributed by atoms with Crippen molar-refractivity contribution in [1.82, 2.24) is 0 Å². The van der Waals surface area contributed by atoms with Crippen molar-refractivity contribution in [2.24, 2.45) is 0 Å². The van der Waals surface area contributed by atoms with E-state index in [1.54, 1.807) is 18.4 Å². The van der Waals surface area contributed by atoms with Crippen LogP contribution in [-0.4, -0.2) is 12.2 Å². The molecule has 2 nitrogen and oxygen atoms in total. The molecule has 0 aliphatic rings. The number of rotatable bonds is 4. The lowest BCUT2D eigenvalue weighted by Crippen LogP contribution is -2.00. The number of ether oxygens (including phenoxy) is 1. The van der Waals surface area contributed by atoms with Gasteiger partial charge in [-0.3, -0.25) is 0 Å². The number of halogens is 1. The van der Waals surface area contributed by atoms with Gasteiger partial charge in [0.2, 0.25) is 0 Å². The maximum atomic E-state index is 10.1. The second-order valence-corrected chi connectivity index (χ2v) is 6.56. The number of hydrogen-bond acceptors (Lipinski definition) is 3. The van der Waals surface area contributed by atoms with Gasteiger partial charge in [0.25, 0.3) is 0 Å². The first-order valence-electron chi connectivity index (χ1n) is 5.24. The minimum Gasteiger partial charge on any atom is -0.497 e. The molecule has 0 spiro atoms. The van der Waals surface area contributed by atoms with E-state index in [9.17, 15) is 5.11 Å². The van der Waals surface area contributed by atoms with Crippen molar-refractivity contribution in [3.8, 4) is 5.75 Å². The zero-order chi connectivity index (χ0) is 12.3. The van der Waals surface area contributed by atoms with E-state index >= 15 is 0 Å². The Balaban J connectivity index is 2.09. The van der Waals surface area contributed by atoms with Gasteiger partial charge in [-0.1, -0.05) is 12.1 Å². The Kier molecular flexibility index (Phi) is 4.42. The summed E-state index contributed by atoms with van der Waals surface area (Å²) in [4.78, 5) is 0. The molecule has 0 aliphatic carbocycles. The predicted octanol–water partition coefficient (Wildman–Crippen LogP) is 3.64. The molecule has 17 heavy (non-hydrogen) atoms. The van der Waals surface area contributed by atoms with Crippen molar-refractivity contribution in [2.45, 2.75) is 12.5 Å². The Morgan fingerprint density at radius 1 is 1.41 bits per heavy atom. The zero-order valence-electron chi connectivity index (χ0n) is 9.39. The highest BCUT2D eigenvalue weighted by Crippen LogP contribution is 2.25. The van der Waals surface area contributed by atoms with Crippen LogP contribution in [-0.2, 0) is 6.42 Å². The maximum Gasteiger partial charge on any atom is 0.119 e. The normalized spacial score (nSPS) is 12.4. The van der Waals surface area contributed by atoms with E-state index in [1.807, 2.05) is 35.7 Å². The van der Waals surface area contributed by atoms with E-state index in [1.165, 1.54) is 2.88 Å². The summed E-state index contributed by atoms with van der Waals surface area (Å²) >= 11 is 3.92. The largest absolute Gasteiger partial charge is 0.497 e. The summed E-state index contributed by atoms with van der Waals surface area (Å²) in [6.07, 6.45) is 0.172. The molecule has 0 bridgehead atoms. The van der Waals surface area contributed by atoms with Crippen LogP contribution in [0.25, 0.3) is 0 Å². The quantitative estimate of drug-likeness (QED) is 0.844. The highest BCUT2D eigenvalue weighted by molar-refractivity contribution is 14.1. The monoisotopic (exact) mass is 360 g/mol. The first-order chi connectivity index (χ1) is 8.19. The fraction of sp³-hybridized carbons (Fsp3) is 0.231. The summed E-state index contributed by atoms with van der Waals surface area (Å²) < 4.78 is 6.36. The third kappa shape index (κ3) is 3.43. The molecular weight excluding hydrogens is 347 g/mol. The topological polar surface area (TPSA) is 29.5 Å². The van der Waals surface area contributed by atoms with E-state index in [0.717, 1.165) is 16.9 Å². The number of benzene rings is 1. The molecule has 0 saturated carbocycles. The van der Waals surface area contributed by atoms with Gasteiger partial charge in [-0.2, -0.15) is 0 Å². The highest BCUT2D eigenvalue weighted by atomic mass is 127. The molecule has 0 radical (unpaired) electrons. The van der Waals surface area contributed by atoms with Crippen LogP contribution < -0.4 is 4.74 Å². The zero-order valence-corrected chi connectivity index (χ0v) is 12.4. The average molecular weight is 360 g/mol. The lowest BCUT2D eigenvalue weighted by atomic mass is 10.0. The lowest BCUT2D eigenvalue weighted by Gasteiger charge is -2.09. The molecule has 0 amide bonds. The molecular formula is C13H13IO2S. The van der Waals surface area contributed by atoms with E-state index in [4.69, 9.17) is 4.74 Å². The van der Waals surface area contributed by atoms with Gasteiger partial charge in [-0.15, -0.1) is 11.3 Å². The van der Waals surface area contributed by atoms with Gasteiger partial charge < -0.3 is 9.84 Å². The molecule has 0 fully saturated rings. The molecule has 2 rings (SSSR count). The SMILES string of the molecule is COc1cccc(CC(O)c2csc(I)c2)c1. The van der Waals surface area contributed by atoms with Gasteiger partial charge in [0.1, 0.15) is 5.75 Å². The number of aliphatic hydroxyl groups is 1. The summed E-state index contributed by atoms with van der Waals surface area (Å²) in [6, 6.07) is 9.83. The van der Waals surface area contributed by atoms with Gasteiger partial charge in [0.05, 0.1) is 16.1 Å². The van der Waals surface area contributed by atoms with Crippen LogP contribution in [0.4, 0.5) is 0 Å². The van der Waals surface area contributed by atoms with E-state index < -0.39 is 6.10 Å². The Labute approximate surface area is 118 Å². The Hall–Kier alpha value is -0.590. The van der Waals surface area contributed by atoms with Crippen LogP contribution in [0.1, 0.15) is 17.2 Å². The average Bonchev–Trinajstić information content (AvgIpc) is 2.76. The Bertz CT molecular complexity index is 496. The molecule has 1 N–H and O–H groups in total. The van der Waals surface area contributed by atoms with Crippen LogP contribution in [0.2, 0.25) is 0 Å².